The molecule has 0 radical (unpaired) electrons. The summed E-state index contributed by atoms with van der Waals surface area (Å²) in [5.41, 5.74) is 2.45. The van der Waals surface area contributed by atoms with Gasteiger partial charge in [-0.05, 0) is 32.0 Å². The summed E-state index contributed by atoms with van der Waals surface area (Å²) in [5.74, 6) is 2.57. The summed E-state index contributed by atoms with van der Waals surface area (Å²) >= 11 is 2.82. The van der Waals surface area contributed by atoms with Crippen molar-refractivity contribution in [1.82, 2.24) is 24.7 Å². The molecule has 0 saturated heterocycles. The number of rotatable bonds is 9. The molecule has 9 nitrogen and oxygen atoms in total. The quantitative estimate of drug-likeness (QED) is 0.380. The Morgan fingerprint density at radius 3 is 2.48 bits per heavy atom. The van der Waals surface area contributed by atoms with Gasteiger partial charge in [-0.3, -0.25) is 4.79 Å². The molecular formula is C20H24N6O3S2. The topological polar surface area (TPSA) is 104 Å². The van der Waals surface area contributed by atoms with Crippen LogP contribution < -0.4 is 14.8 Å². The van der Waals surface area contributed by atoms with Crippen LogP contribution in [0, 0.1) is 13.8 Å². The zero-order chi connectivity index (χ0) is 22.4. The molecule has 1 aromatic carbocycles. The van der Waals surface area contributed by atoms with E-state index in [1.165, 1.54) is 23.5 Å². The third-order valence-corrected chi connectivity index (χ3v) is 6.10. The summed E-state index contributed by atoms with van der Waals surface area (Å²) in [4.78, 5) is 21.3. The number of hydrogen-bond acceptors (Lipinski definition) is 9. The van der Waals surface area contributed by atoms with Gasteiger partial charge in [-0.1, -0.05) is 23.5 Å². The predicted molar refractivity (Wildman–Crippen MR) is 121 cm³/mol. The molecular weight excluding hydrogens is 436 g/mol. The summed E-state index contributed by atoms with van der Waals surface area (Å²) in [6.45, 7) is 3.89. The van der Waals surface area contributed by atoms with Crippen LogP contribution in [-0.4, -0.2) is 50.6 Å². The number of carbonyl (C=O) groups is 1. The van der Waals surface area contributed by atoms with Crippen LogP contribution in [0.4, 0.5) is 5.69 Å². The van der Waals surface area contributed by atoms with Crippen LogP contribution in [0.15, 0.2) is 34.6 Å². The smallest absolute Gasteiger partial charge is 0.234 e. The van der Waals surface area contributed by atoms with Gasteiger partial charge in [-0.25, -0.2) is 9.97 Å². The number of aryl methyl sites for hydroxylation is 2. The normalized spacial score (nSPS) is 10.7. The van der Waals surface area contributed by atoms with Gasteiger partial charge in [0.05, 0.1) is 31.4 Å². The van der Waals surface area contributed by atoms with E-state index in [0.717, 1.165) is 17.2 Å². The molecule has 3 rings (SSSR count). The number of amides is 1. The Morgan fingerprint density at radius 2 is 1.81 bits per heavy atom. The lowest BCUT2D eigenvalue weighted by molar-refractivity contribution is -0.113. The number of nitrogens with one attached hydrogen (secondary N) is 1. The van der Waals surface area contributed by atoms with Gasteiger partial charge >= 0.3 is 0 Å². The van der Waals surface area contributed by atoms with Gasteiger partial charge in [0.25, 0.3) is 0 Å². The highest BCUT2D eigenvalue weighted by Gasteiger charge is 2.14. The Kier molecular flexibility index (Phi) is 7.75. The van der Waals surface area contributed by atoms with E-state index in [1.807, 2.05) is 31.5 Å². The molecule has 1 N–H and O–H groups in total. The monoisotopic (exact) mass is 460 g/mol. The summed E-state index contributed by atoms with van der Waals surface area (Å²) < 4.78 is 12.4. The maximum atomic E-state index is 12.4. The van der Waals surface area contributed by atoms with Crippen LogP contribution in [0.5, 0.6) is 11.5 Å². The van der Waals surface area contributed by atoms with E-state index in [9.17, 15) is 4.79 Å². The van der Waals surface area contributed by atoms with Crippen molar-refractivity contribution in [2.24, 2.45) is 7.05 Å². The van der Waals surface area contributed by atoms with Crippen molar-refractivity contribution in [3.8, 4) is 11.5 Å². The van der Waals surface area contributed by atoms with Gasteiger partial charge in [-0.15, -0.1) is 10.2 Å². The van der Waals surface area contributed by atoms with Gasteiger partial charge in [0.2, 0.25) is 5.91 Å². The van der Waals surface area contributed by atoms with Crippen LogP contribution >= 0.6 is 23.5 Å². The lowest BCUT2D eigenvalue weighted by Crippen LogP contribution is -2.15. The highest BCUT2D eigenvalue weighted by Crippen LogP contribution is 2.29. The van der Waals surface area contributed by atoms with Crippen molar-refractivity contribution >= 4 is 35.1 Å². The van der Waals surface area contributed by atoms with Crippen molar-refractivity contribution in [1.29, 1.82) is 0 Å². The molecule has 1 amide bonds. The summed E-state index contributed by atoms with van der Waals surface area (Å²) in [6.07, 6.45) is 0. The minimum Gasteiger partial charge on any atom is -0.497 e. The molecule has 0 aliphatic heterocycles. The van der Waals surface area contributed by atoms with Crippen LogP contribution in [0.1, 0.15) is 17.2 Å². The van der Waals surface area contributed by atoms with E-state index >= 15 is 0 Å². The van der Waals surface area contributed by atoms with E-state index in [4.69, 9.17) is 9.47 Å². The maximum Gasteiger partial charge on any atom is 0.234 e. The molecule has 3 aromatic rings. The average Bonchev–Trinajstić information content (AvgIpc) is 3.09. The fourth-order valence-electron chi connectivity index (χ4n) is 2.70. The largest absolute Gasteiger partial charge is 0.497 e. The summed E-state index contributed by atoms with van der Waals surface area (Å²) in [6, 6.07) is 7.16. The number of ether oxygens (including phenoxy) is 2. The fourth-order valence-corrected chi connectivity index (χ4v) is 4.36. The third kappa shape index (κ3) is 6.11. The minimum absolute atomic E-state index is 0.170. The Balaban J connectivity index is 1.56. The first-order valence-electron chi connectivity index (χ1n) is 9.37. The van der Waals surface area contributed by atoms with Crippen LogP contribution in [0.25, 0.3) is 0 Å². The molecule has 31 heavy (non-hydrogen) atoms. The van der Waals surface area contributed by atoms with Crippen molar-refractivity contribution in [3.63, 3.8) is 0 Å². The SMILES string of the molecule is COc1ccc(NC(=O)CSc2nnc(CSc3nc(C)cc(C)n3)n2C)c(OC)c1. The van der Waals surface area contributed by atoms with Crippen LogP contribution in [0.2, 0.25) is 0 Å². The summed E-state index contributed by atoms with van der Waals surface area (Å²) in [5, 5.41) is 12.7. The minimum atomic E-state index is -0.170. The number of benzene rings is 1. The second kappa shape index (κ2) is 10.5. The molecule has 0 unspecified atom stereocenters. The molecule has 0 fully saturated rings. The van der Waals surface area contributed by atoms with Crippen molar-refractivity contribution in [2.75, 3.05) is 25.3 Å². The zero-order valence-corrected chi connectivity index (χ0v) is 19.6. The predicted octanol–water partition coefficient (Wildman–Crippen LogP) is 3.26. The second-order valence-corrected chi connectivity index (χ2v) is 8.47. The number of methoxy groups -OCH3 is 2. The number of anilines is 1. The molecule has 164 valence electrons. The molecule has 0 saturated carbocycles. The lowest BCUT2D eigenvalue weighted by atomic mass is 10.2. The number of hydrogen-bond donors (Lipinski definition) is 1. The van der Waals surface area contributed by atoms with Crippen molar-refractivity contribution in [3.05, 3.63) is 41.5 Å². The Bertz CT molecular complexity index is 1050. The standard InChI is InChI=1S/C20H24N6O3S2/c1-12-8-13(2)22-19(21-12)30-10-17-24-25-20(26(17)3)31-11-18(27)23-15-7-6-14(28-4)9-16(15)29-5/h6-9H,10-11H2,1-5H3,(H,23,27). The maximum absolute atomic E-state index is 12.4. The van der Waals surface area contributed by atoms with E-state index in [1.54, 1.807) is 32.4 Å². The number of thioether (sulfide) groups is 2. The molecule has 0 aliphatic carbocycles. The first kappa shape index (κ1) is 22.9. The first-order valence-corrected chi connectivity index (χ1v) is 11.3. The molecule has 0 spiro atoms. The third-order valence-electron chi connectivity index (χ3n) is 4.23. The average molecular weight is 461 g/mol. The fraction of sp³-hybridized carbons (Fsp3) is 0.350. The van der Waals surface area contributed by atoms with Crippen molar-refractivity contribution in [2.45, 2.75) is 29.9 Å². The van der Waals surface area contributed by atoms with E-state index < -0.39 is 0 Å². The molecule has 0 bridgehead atoms. The van der Waals surface area contributed by atoms with Crippen LogP contribution in [-0.2, 0) is 17.6 Å². The van der Waals surface area contributed by atoms with Gasteiger partial charge in [-0.2, -0.15) is 0 Å². The van der Waals surface area contributed by atoms with E-state index in [0.29, 0.717) is 33.3 Å². The molecule has 0 atom stereocenters. The molecule has 2 heterocycles. The van der Waals surface area contributed by atoms with Gasteiger partial charge < -0.3 is 19.4 Å². The summed E-state index contributed by atoms with van der Waals surface area (Å²) in [7, 11) is 5.00. The van der Waals surface area contributed by atoms with Gasteiger partial charge in [0, 0.05) is 24.5 Å². The zero-order valence-electron chi connectivity index (χ0n) is 18.0. The number of aromatic nitrogens is 5. The first-order chi connectivity index (χ1) is 14.9. The number of carbonyl (C=O) groups excluding carboxylic acids is 1. The molecule has 11 heteroatoms. The number of nitrogens with zero attached hydrogens (tertiary/aromatic N) is 5. The Labute approximate surface area is 189 Å². The Morgan fingerprint density at radius 1 is 1.06 bits per heavy atom. The van der Waals surface area contributed by atoms with Crippen LogP contribution in [0.3, 0.4) is 0 Å². The highest BCUT2D eigenvalue weighted by molar-refractivity contribution is 7.99. The van der Waals surface area contributed by atoms with Gasteiger partial charge in [0.1, 0.15) is 17.3 Å². The molecule has 2 aromatic heterocycles. The van der Waals surface area contributed by atoms with E-state index in [2.05, 4.69) is 25.5 Å². The highest BCUT2D eigenvalue weighted by atomic mass is 32.2. The van der Waals surface area contributed by atoms with E-state index in [-0.39, 0.29) is 11.7 Å². The van der Waals surface area contributed by atoms with Gasteiger partial charge in [0.15, 0.2) is 10.3 Å². The molecule has 0 aliphatic rings. The van der Waals surface area contributed by atoms with Crippen molar-refractivity contribution < 1.29 is 14.3 Å². The Hall–Kier alpha value is -2.79. The second-order valence-electron chi connectivity index (χ2n) is 6.58. The lowest BCUT2D eigenvalue weighted by Gasteiger charge is -2.11.